The van der Waals surface area contributed by atoms with Crippen LogP contribution in [0.4, 0.5) is 4.79 Å². The van der Waals surface area contributed by atoms with Crippen LogP contribution in [0.3, 0.4) is 0 Å². The first-order valence-corrected chi connectivity index (χ1v) is 5.32. The molecule has 0 bridgehead atoms. The average Bonchev–Trinajstić information content (AvgIpc) is 2.18. The largest absolute Gasteiger partial charge is 0.463 e. The SMILES string of the molecule is CC(C)(C)N(OOc1ccccc1Cl)C(=O)O. The predicted molar refractivity (Wildman–Crippen MR) is 62.8 cm³/mol. The fourth-order valence-electron chi connectivity index (χ4n) is 1.02. The lowest BCUT2D eigenvalue weighted by Gasteiger charge is -2.29. The van der Waals surface area contributed by atoms with Gasteiger partial charge >= 0.3 is 6.09 Å². The maximum Gasteiger partial charge on any atom is 0.435 e. The summed E-state index contributed by atoms with van der Waals surface area (Å²) in [6, 6.07) is 6.62. The Morgan fingerprint density at radius 1 is 1.35 bits per heavy atom. The van der Waals surface area contributed by atoms with Crippen LogP contribution in [0.15, 0.2) is 24.3 Å². The molecule has 1 N–H and O–H groups in total. The third kappa shape index (κ3) is 3.80. The van der Waals surface area contributed by atoms with E-state index in [4.69, 9.17) is 26.6 Å². The van der Waals surface area contributed by atoms with Crippen LogP contribution in [0.25, 0.3) is 0 Å². The first kappa shape index (κ1) is 13.6. The number of carboxylic acid groups (broad SMARTS) is 1. The maximum absolute atomic E-state index is 10.9. The number of rotatable bonds is 3. The Morgan fingerprint density at radius 3 is 2.41 bits per heavy atom. The monoisotopic (exact) mass is 259 g/mol. The number of halogens is 1. The molecule has 0 atom stereocenters. The maximum atomic E-state index is 10.9. The van der Waals surface area contributed by atoms with Crippen LogP contribution < -0.4 is 4.89 Å². The van der Waals surface area contributed by atoms with E-state index in [1.165, 1.54) is 0 Å². The summed E-state index contributed by atoms with van der Waals surface area (Å²) >= 11 is 5.83. The summed E-state index contributed by atoms with van der Waals surface area (Å²) in [4.78, 5) is 20.6. The van der Waals surface area contributed by atoms with Crippen molar-refractivity contribution in [2.75, 3.05) is 0 Å². The molecule has 0 fully saturated rings. The highest BCUT2D eigenvalue weighted by Crippen LogP contribution is 2.24. The summed E-state index contributed by atoms with van der Waals surface area (Å²) in [5.74, 6) is 0.254. The molecule has 0 aliphatic rings. The minimum absolute atomic E-state index is 0.254. The molecule has 0 aliphatic heterocycles. The lowest BCUT2D eigenvalue weighted by Crippen LogP contribution is -2.45. The summed E-state index contributed by atoms with van der Waals surface area (Å²) in [6.45, 7) is 5.03. The highest BCUT2D eigenvalue weighted by molar-refractivity contribution is 6.32. The minimum Gasteiger partial charge on any atom is -0.463 e. The van der Waals surface area contributed by atoms with Crippen molar-refractivity contribution in [1.29, 1.82) is 0 Å². The van der Waals surface area contributed by atoms with Gasteiger partial charge in [0.25, 0.3) is 0 Å². The number of nitrogens with zero attached hydrogens (tertiary/aromatic N) is 1. The number of hydroxylamine groups is 2. The molecule has 0 unspecified atom stereocenters. The summed E-state index contributed by atoms with van der Waals surface area (Å²) in [6.07, 6.45) is -1.25. The third-order valence-corrected chi connectivity index (χ3v) is 2.13. The molecule has 1 aromatic rings. The molecule has 0 heterocycles. The molecular formula is C11H14ClNO4. The van der Waals surface area contributed by atoms with Crippen molar-refractivity contribution in [3.05, 3.63) is 29.3 Å². The zero-order valence-corrected chi connectivity index (χ0v) is 10.6. The Labute approximate surface area is 104 Å². The number of hydrogen-bond donors (Lipinski definition) is 1. The Kier molecular flexibility index (Phi) is 4.20. The molecule has 0 aliphatic carbocycles. The minimum atomic E-state index is -1.25. The van der Waals surface area contributed by atoms with Gasteiger partial charge in [-0.05, 0) is 32.9 Å². The van der Waals surface area contributed by atoms with Gasteiger partial charge in [-0.1, -0.05) is 28.7 Å². The molecule has 0 aromatic heterocycles. The van der Waals surface area contributed by atoms with Crippen molar-refractivity contribution in [2.24, 2.45) is 0 Å². The van der Waals surface area contributed by atoms with Gasteiger partial charge in [0, 0.05) is 0 Å². The third-order valence-electron chi connectivity index (χ3n) is 1.82. The quantitative estimate of drug-likeness (QED) is 0.668. The standard InChI is InChI=1S/C11H14ClNO4/c1-11(2,3)13(10(14)15)17-16-9-7-5-4-6-8(9)12/h4-7H,1-3H3,(H,14,15). The average molecular weight is 260 g/mol. The number of para-hydroxylation sites is 1. The van der Waals surface area contributed by atoms with Crippen LogP contribution in [0.5, 0.6) is 5.75 Å². The molecule has 1 rings (SSSR count). The second-order valence-electron chi connectivity index (χ2n) is 4.34. The van der Waals surface area contributed by atoms with Crippen LogP contribution in [0.1, 0.15) is 20.8 Å². The normalized spacial score (nSPS) is 11.1. The van der Waals surface area contributed by atoms with Gasteiger partial charge in [-0.15, -0.1) is 5.06 Å². The molecular weight excluding hydrogens is 246 g/mol. The van der Waals surface area contributed by atoms with E-state index in [1.54, 1.807) is 45.0 Å². The highest BCUT2D eigenvalue weighted by Gasteiger charge is 2.29. The first-order valence-electron chi connectivity index (χ1n) is 4.94. The molecule has 0 spiro atoms. The van der Waals surface area contributed by atoms with Gasteiger partial charge in [0.05, 0.1) is 10.6 Å². The second-order valence-corrected chi connectivity index (χ2v) is 4.74. The van der Waals surface area contributed by atoms with Crippen molar-refractivity contribution >= 4 is 17.7 Å². The van der Waals surface area contributed by atoms with Crippen LogP contribution in [0.2, 0.25) is 5.02 Å². The van der Waals surface area contributed by atoms with Crippen LogP contribution >= 0.6 is 11.6 Å². The lowest BCUT2D eigenvalue weighted by atomic mass is 10.1. The predicted octanol–water partition coefficient (Wildman–Crippen LogP) is 3.34. The smallest absolute Gasteiger partial charge is 0.435 e. The van der Waals surface area contributed by atoms with Crippen LogP contribution in [-0.2, 0) is 4.99 Å². The van der Waals surface area contributed by atoms with Gasteiger partial charge in [-0.3, -0.25) is 0 Å². The molecule has 94 valence electrons. The van der Waals surface area contributed by atoms with Gasteiger partial charge < -0.3 is 9.99 Å². The number of carbonyl (C=O) groups is 1. The van der Waals surface area contributed by atoms with E-state index in [-0.39, 0.29) is 5.75 Å². The molecule has 1 amide bonds. The molecule has 17 heavy (non-hydrogen) atoms. The van der Waals surface area contributed by atoms with Crippen molar-refractivity contribution < 1.29 is 19.8 Å². The summed E-state index contributed by atoms with van der Waals surface area (Å²) in [5, 5.41) is 9.99. The van der Waals surface area contributed by atoms with E-state index in [1.807, 2.05) is 0 Å². The first-order chi connectivity index (χ1) is 7.82. The van der Waals surface area contributed by atoms with Gasteiger partial charge in [0.2, 0.25) is 0 Å². The van der Waals surface area contributed by atoms with Gasteiger partial charge in [0.1, 0.15) is 0 Å². The van der Waals surface area contributed by atoms with E-state index in [9.17, 15) is 4.79 Å². The lowest BCUT2D eigenvalue weighted by molar-refractivity contribution is -0.370. The molecule has 0 radical (unpaired) electrons. The Bertz CT molecular complexity index is 403. The molecule has 6 heteroatoms. The number of hydrogen-bond acceptors (Lipinski definition) is 3. The van der Waals surface area contributed by atoms with Crippen molar-refractivity contribution in [1.82, 2.24) is 5.06 Å². The van der Waals surface area contributed by atoms with E-state index in [0.717, 1.165) is 0 Å². The van der Waals surface area contributed by atoms with Gasteiger partial charge in [-0.25, -0.2) is 4.79 Å². The number of benzene rings is 1. The van der Waals surface area contributed by atoms with E-state index in [2.05, 4.69) is 0 Å². The molecule has 5 nitrogen and oxygen atoms in total. The zero-order chi connectivity index (χ0) is 13.1. The highest BCUT2D eigenvalue weighted by atomic mass is 35.5. The summed E-state index contributed by atoms with van der Waals surface area (Å²) in [7, 11) is 0. The van der Waals surface area contributed by atoms with Gasteiger partial charge in [-0.2, -0.15) is 0 Å². The fourth-order valence-corrected chi connectivity index (χ4v) is 1.19. The van der Waals surface area contributed by atoms with Crippen molar-refractivity contribution in [3.63, 3.8) is 0 Å². The fraction of sp³-hybridized carbons (Fsp3) is 0.364. The van der Waals surface area contributed by atoms with Crippen molar-refractivity contribution in [3.8, 4) is 5.75 Å². The Hall–Kier alpha value is -1.46. The summed E-state index contributed by atoms with van der Waals surface area (Å²) < 4.78 is 0. The topological polar surface area (TPSA) is 59.0 Å². The Balaban J connectivity index is 2.72. The van der Waals surface area contributed by atoms with E-state index >= 15 is 0 Å². The van der Waals surface area contributed by atoms with E-state index in [0.29, 0.717) is 10.1 Å². The van der Waals surface area contributed by atoms with E-state index < -0.39 is 11.6 Å². The van der Waals surface area contributed by atoms with Crippen LogP contribution in [0, 0.1) is 0 Å². The molecule has 1 aromatic carbocycles. The molecule has 0 saturated heterocycles. The van der Waals surface area contributed by atoms with Crippen LogP contribution in [-0.4, -0.2) is 21.8 Å². The Morgan fingerprint density at radius 2 is 1.94 bits per heavy atom. The second kappa shape index (κ2) is 5.25. The number of amides is 1. The van der Waals surface area contributed by atoms with Gasteiger partial charge in [0.15, 0.2) is 5.75 Å². The summed E-state index contributed by atoms with van der Waals surface area (Å²) in [5.41, 5.74) is -0.743. The molecule has 0 saturated carbocycles. The van der Waals surface area contributed by atoms with Crippen molar-refractivity contribution in [2.45, 2.75) is 26.3 Å². The zero-order valence-electron chi connectivity index (χ0n) is 9.81.